The van der Waals surface area contributed by atoms with Crippen LogP contribution in [-0.4, -0.2) is 35.0 Å². The van der Waals surface area contributed by atoms with Crippen molar-refractivity contribution in [2.24, 2.45) is 7.05 Å². The van der Waals surface area contributed by atoms with E-state index in [4.69, 9.17) is 0 Å². The molecular weight excluding hydrogens is 354 g/mol. The zero-order valence-corrected chi connectivity index (χ0v) is 17.0. The van der Waals surface area contributed by atoms with E-state index < -0.39 is 0 Å². The summed E-state index contributed by atoms with van der Waals surface area (Å²) >= 11 is 2.04. The highest BCUT2D eigenvalue weighted by Gasteiger charge is 2.50. The number of benzene rings is 1. The normalized spacial score (nSPS) is 20.1. The van der Waals surface area contributed by atoms with Crippen LogP contribution in [0.3, 0.4) is 0 Å². The summed E-state index contributed by atoms with van der Waals surface area (Å²) < 4.78 is 4.49. The number of hydrogen-bond donors (Lipinski definition) is 0. The van der Waals surface area contributed by atoms with Crippen molar-refractivity contribution in [2.75, 3.05) is 5.75 Å². The maximum absolute atomic E-state index is 4.69. The van der Waals surface area contributed by atoms with E-state index in [1.54, 1.807) is 0 Å². The molecule has 1 aromatic carbocycles. The Morgan fingerprint density at radius 2 is 1.81 bits per heavy atom. The SMILES string of the molecule is Cn1cc(-c2ccc(C3(c4nnc5n4CCSC(C)(C)C5)CC3)cc2)cn1. The summed E-state index contributed by atoms with van der Waals surface area (Å²) in [7, 11) is 1.95. The first-order valence-corrected chi connectivity index (χ1v) is 10.6. The second-order valence-electron chi connectivity index (χ2n) is 8.44. The van der Waals surface area contributed by atoms with Crippen molar-refractivity contribution in [2.45, 2.75) is 49.8 Å². The molecule has 1 aliphatic heterocycles. The van der Waals surface area contributed by atoms with Gasteiger partial charge in [0.2, 0.25) is 0 Å². The maximum Gasteiger partial charge on any atom is 0.143 e. The lowest BCUT2D eigenvalue weighted by Crippen LogP contribution is -2.19. The molecule has 5 nitrogen and oxygen atoms in total. The average Bonchev–Trinajstić information content (AvgIpc) is 3.23. The second-order valence-corrected chi connectivity index (χ2v) is 10.2. The molecule has 0 unspecified atom stereocenters. The van der Waals surface area contributed by atoms with Crippen molar-refractivity contribution in [1.29, 1.82) is 0 Å². The summed E-state index contributed by atoms with van der Waals surface area (Å²) in [6.45, 7) is 5.64. The standard InChI is InChI=1S/C21H25N5S/c1-20(2)12-18-23-24-19(26(18)10-11-27-20)21(8-9-21)17-6-4-15(5-7-17)16-13-22-25(3)14-16/h4-7,13-14H,8-12H2,1-3H3. The average molecular weight is 380 g/mol. The smallest absolute Gasteiger partial charge is 0.143 e. The molecule has 3 aromatic rings. The van der Waals surface area contributed by atoms with E-state index in [1.165, 1.54) is 17.0 Å². The Kier molecular flexibility index (Phi) is 3.76. The Bertz CT molecular complexity index is 978. The van der Waals surface area contributed by atoms with Gasteiger partial charge in [-0.25, -0.2) is 0 Å². The summed E-state index contributed by atoms with van der Waals surface area (Å²) in [4.78, 5) is 0. The number of aromatic nitrogens is 5. The van der Waals surface area contributed by atoms with Crippen LogP contribution < -0.4 is 0 Å². The summed E-state index contributed by atoms with van der Waals surface area (Å²) in [5.74, 6) is 3.45. The van der Waals surface area contributed by atoms with E-state index in [9.17, 15) is 0 Å². The van der Waals surface area contributed by atoms with Gasteiger partial charge in [-0.15, -0.1) is 10.2 Å². The second kappa shape index (κ2) is 5.96. The number of hydrogen-bond acceptors (Lipinski definition) is 4. The molecule has 6 heteroatoms. The first-order valence-electron chi connectivity index (χ1n) is 9.63. The van der Waals surface area contributed by atoms with Gasteiger partial charge in [-0.1, -0.05) is 38.1 Å². The van der Waals surface area contributed by atoms with Crippen LogP contribution in [0.1, 0.15) is 43.9 Å². The van der Waals surface area contributed by atoms with Crippen molar-refractivity contribution >= 4 is 11.8 Å². The van der Waals surface area contributed by atoms with Crippen LogP contribution >= 0.6 is 11.8 Å². The van der Waals surface area contributed by atoms with Crippen molar-refractivity contribution in [3.63, 3.8) is 0 Å². The third kappa shape index (κ3) is 2.90. The minimum absolute atomic E-state index is 0.0534. The summed E-state index contributed by atoms with van der Waals surface area (Å²) in [5.41, 5.74) is 3.78. The molecule has 140 valence electrons. The Morgan fingerprint density at radius 3 is 2.48 bits per heavy atom. The molecule has 0 atom stereocenters. The first kappa shape index (κ1) is 17.0. The molecule has 27 heavy (non-hydrogen) atoms. The van der Waals surface area contributed by atoms with Gasteiger partial charge in [0.15, 0.2) is 0 Å². The van der Waals surface area contributed by atoms with Crippen molar-refractivity contribution in [1.82, 2.24) is 24.5 Å². The van der Waals surface area contributed by atoms with E-state index in [1.807, 2.05) is 29.7 Å². The zero-order chi connectivity index (χ0) is 18.6. The van der Waals surface area contributed by atoms with Gasteiger partial charge in [-0.2, -0.15) is 16.9 Å². The monoisotopic (exact) mass is 379 g/mol. The molecule has 0 radical (unpaired) electrons. The van der Waals surface area contributed by atoms with Crippen LogP contribution in [0.5, 0.6) is 0 Å². The minimum Gasteiger partial charge on any atom is -0.313 e. The minimum atomic E-state index is 0.0534. The van der Waals surface area contributed by atoms with E-state index in [0.717, 1.165) is 42.9 Å². The third-order valence-electron chi connectivity index (χ3n) is 5.87. The number of fused-ring (bicyclic) bond motifs is 1. The molecule has 1 saturated carbocycles. The van der Waals surface area contributed by atoms with Crippen molar-refractivity contribution < 1.29 is 0 Å². The number of rotatable bonds is 3. The molecule has 5 rings (SSSR count). The van der Waals surface area contributed by atoms with Crippen LogP contribution in [0, 0.1) is 0 Å². The Labute approximate surface area is 164 Å². The van der Waals surface area contributed by atoms with Gasteiger partial charge in [0, 0.05) is 42.3 Å². The topological polar surface area (TPSA) is 48.5 Å². The van der Waals surface area contributed by atoms with Gasteiger partial charge in [0.05, 0.1) is 11.6 Å². The molecule has 0 saturated heterocycles. The fraction of sp³-hybridized carbons (Fsp3) is 0.476. The molecular formula is C21H25N5S. The van der Waals surface area contributed by atoms with Gasteiger partial charge in [-0.3, -0.25) is 4.68 Å². The largest absolute Gasteiger partial charge is 0.313 e. The van der Waals surface area contributed by atoms with E-state index in [2.05, 4.69) is 64.2 Å². The number of thioether (sulfide) groups is 1. The Balaban J connectivity index is 1.49. The lowest BCUT2D eigenvalue weighted by Gasteiger charge is -2.19. The Hall–Kier alpha value is -2.08. The molecule has 1 fully saturated rings. The summed E-state index contributed by atoms with van der Waals surface area (Å²) in [6.07, 6.45) is 7.28. The van der Waals surface area contributed by atoms with Crippen molar-refractivity contribution in [3.05, 3.63) is 53.9 Å². The van der Waals surface area contributed by atoms with E-state index >= 15 is 0 Å². The van der Waals surface area contributed by atoms with Crippen molar-refractivity contribution in [3.8, 4) is 11.1 Å². The number of aryl methyl sites for hydroxylation is 1. The Morgan fingerprint density at radius 1 is 1.04 bits per heavy atom. The molecule has 3 heterocycles. The fourth-order valence-electron chi connectivity index (χ4n) is 4.22. The van der Waals surface area contributed by atoms with Gasteiger partial charge in [0.1, 0.15) is 11.6 Å². The van der Waals surface area contributed by atoms with Crippen LogP contribution in [0.4, 0.5) is 0 Å². The lowest BCUT2D eigenvalue weighted by molar-refractivity contribution is 0.607. The maximum atomic E-state index is 4.69. The molecule has 0 spiro atoms. The predicted molar refractivity (Wildman–Crippen MR) is 109 cm³/mol. The first-order chi connectivity index (χ1) is 13.0. The predicted octanol–water partition coefficient (Wildman–Crippen LogP) is 3.83. The van der Waals surface area contributed by atoms with Gasteiger partial charge in [-0.05, 0) is 24.0 Å². The highest BCUT2D eigenvalue weighted by molar-refractivity contribution is 8.00. The lowest BCUT2D eigenvalue weighted by atomic mass is 9.93. The molecule has 0 amide bonds. The molecule has 0 N–H and O–H groups in total. The molecule has 0 bridgehead atoms. The molecule has 2 aliphatic rings. The van der Waals surface area contributed by atoms with Crippen LogP contribution in [0.15, 0.2) is 36.7 Å². The van der Waals surface area contributed by atoms with E-state index in [0.29, 0.717) is 0 Å². The van der Waals surface area contributed by atoms with Gasteiger partial charge in [0.25, 0.3) is 0 Å². The highest BCUT2D eigenvalue weighted by atomic mass is 32.2. The van der Waals surface area contributed by atoms with Crippen LogP contribution in [0.2, 0.25) is 0 Å². The quantitative estimate of drug-likeness (QED) is 0.694. The van der Waals surface area contributed by atoms with E-state index in [-0.39, 0.29) is 10.2 Å². The molecule has 1 aliphatic carbocycles. The van der Waals surface area contributed by atoms with Crippen LogP contribution in [-0.2, 0) is 25.4 Å². The third-order valence-corrected chi connectivity index (χ3v) is 7.19. The summed E-state index contributed by atoms with van der Waals surface area (Å²) in [6, 6.07) is 8.97. The highest BCUT2D eigenvalue weighted by Crippen LogP contribution is 2.53. The fourth-order valence-corrected chi connectivity index (χ4v) is 5.28. The van der Waals surface area contributed by atoms with Gasteiger partial charge < -0.3 is 4.57 Å². The number of nitrogens with zero attached hydrogens (tertiary/aromatic N) is 5. The van der Waals surface area contributed by atoms with Crippen LogP contribution in [0.25, 0.3) is 11.1 Å². The summed E-state index contributed by atoms with van der Waals surface area (Å²) in [5, 5.41) is 13.6. The van der Waals surface area contributed by atoms with Gasteiger partial charge >= 0.3 is 0 Å². The zero-order valence-electron chi connectivity index (χ0n) is 16.1. The molecule has 2 aromatic heterocycles.